The van der Waals surface area contributed by atoms with E-state index in [-0.39, 0.29) is 11.7 Å². The molecule has 2 aromatic carbocycles. The zero-order chi connectivity index (χ0) is 23.5. The Morgan fingerprint density at radius 1 is 1.12 bits per heavy atom. The fourth-order valence-corrected chi connectivity index (χ4v) is 5.19. The van der Waals surface area contributed by atoms with Gasteiger partial charge in [-0.3, -0.25) is 14.7 Å². The number of halogens is 1. The van der Waals surface area contributed by atoms with Gasteiger partial charge >= 0.3 is 0 Å². The molecule has 2 aliphatic rings. The first-order valence-corrected chi connectivity index (χ1v) is 12.2. The summed E-state index contributed by atoms with van der Waals surface area (Å²) in [6, 6.07) is 16.8. The Hall–Kier alpha value is -3.45. The zero-order valence-corrected chi connectivity index (χ0v) is 19.8. The predicted molar refractivity (Wildman–Crippen MR) is 136 cm³/mol. The third kappa shape index (κ3) is 4.75. The molecule has 3 heterocycles. The number of hydrogen-bond donors (Lipinski definition) is 0. The van der Waals surface area contributed by atoms with E-state index < -0.39 is 0 Å². The lowest BCUT2D eigenvalue weighted by Crippen LogP contribution is -2.28. The number of amidine groups is 1. The quantitative estimate of drug-likeness (QED) is 0.432. The van der Waals surface area contributed by atoms with Crippen LogP contribution in [0.4, 0.5) is 15.8 Å². The average molecular weight is 473 g/mol. The molecule has 2 fully saturated rings. The summed E-state index contributed by atoms with van der Waals surface area (Å²) in [7, 11) is 0. The lowest BCUT2D eigenvalue weighted by molar-refractivity contribution is -0.122. The highest BCUT2D eigenvalue weighted by Gasteiger charge is 2.33. The van der Waals surface area contributed by atoms with E-state index >= 15 is 0 Å². The van der Waals surface area contributed by atoms with Crippen molar-refractivity contribution in [3.05, 3.63) is 94.4 Å². The Morgan fingerprint density at radius 2 is 1.91 bits per heavy atom. The van der Waals surface area contributed by atoms with E-state index in [2.05, 4.69) is 9.88 Å². The highest BCUT2D eigenvalue weighted by atomic mass is 32.2. The number of amides is 1. The lowest BCUT2D eigenvalue weighted by atomic mass is 10.1. The molecule has 0 atom stereocenters. The Bertz CT molecular complexity index is 1250. The number of aromatic nitrogens is 1. The van der Waals surface area contributed by atoms with Crippen LogP contribution in [0.5, 0.6) is 0 Å². The fourth-order valence-electron chi connectivity index (χ4n) is 4.20. The largest absolute Gasteiger partial charge is 0.369 e. The fraction of sp³-hybridized carbons (Fsp3) is 0.222. The number of nitrogens with zero attached hydrogens (tertiary/aromatic N) is 4. The number of carbonyl (C=O) groups excluding carboxylic acids is 1. The van der Waals surface area contributed by atoms with Crippen LogP contribution in [0.3, 0.4) is 0 Å². The van der Waals surface area contributed by atoms with Crippen molar-refractivity contribution >= 4 is 40.3 Å². The first-order chi connectivity index (χ1) is 16.6. The zero-order valence-electron chi connectivity index (χ0n) is 18.9. The number of rotatable bonds is 5. The van der Waals surface area contributed by atoms with Crippen LogP contribution < -0.4 is 4.90 Å². The van der Waals surface area contributed by atoms with Crippen molar-refractivity contribution in [2.45, 2.75) is 26.3 Å². The van der Waals surface area contributed by atoms with Crippen molar-refractivity contribution < 1.29 is 9.18 Å². The van der Waals surface area contributed by atoms with Gasteiger partial charge in [0, 0.05) is 25.5 Å². The first-order valence-electron chi connectivity index (χ1n) is 11.4. The maximum absolute atomic E-state index is 15.0. The van der Waals surface area contributed by atoms with Crippen LogP contribution in [0, 0.1) is 12.7 Å². The van der Waals surface area contributed by atoms with Gasteiger partial charge in [0.25, 0.3) is 5.91 Å². The van der Waals surface area contributed by atoms with Gasteiger partial charge in [-0.25, -0.2) is 9.38 Å². The van der Waals surface area contributed by atoms with Crippen molar-refractivity contribution in [2.75, 3.05) is 18.0 Å². The van der Waals surface area contributed by atoms with Crippen LogP contribution in [0.2, 0.25) is 0 Å². The van der Waals surface area contributed by atoms with Gasteiger partial charge < -0.3 is 4.90 Å². The number of thioether (sulfide) groups is 1. The van der Waals surface area contributed by atoms with Crippen molar-refractivity contribution in [1.82, 2.24) is 9.88 Å². The monoisotopic (exact) mass is 472 g/mol. The summed E-state index contributed by atoms with van der Waals surface area (Å²) in [6.45, 7) is 4.09. The molecule has 5 nitrogen and oxygen atoms in total. The summed E-state index contributed by atoms with van der Waals surface area (Å²) in [5.41, 5.74) is 3.98. The van der Waals surface area contributed by atoms with E-state index in [1.54, 1.807) is 29.4 Å². The van der Waals surface area contributed by atoms with Crippen molar-refractivity contribution in [1.29, 1.82) is 0 Å². The number of pyridine rings is 1. The molecule has 0 bridgehead atoms. The summed E-state index contributed by atoms with van der Waals surface area (Å²) in [5.74, 6) is -0.396. The van der Waals surface area contributed by atoms with Gasteiger partial charge in [0.15, 0.2) is 5.17 Å². The van der Waals surface area contributed by atoms with Crippen LogP contribution in [0.25, 0.3) is 6.08 Å². The second kappa shape index (κ2) is 9.81. The van der Waals surface area contributed by atoms with Gasteiger partial charge in [0.2, 0.25) is 0 Å². The molecule has 0 aliphatic carbocycles. The molecule has 0 N–H and O–H groups in total. The molecular weight excluding hydrogens is 447 g/mol. The van der Waals surface area contributed by atoms with Gasteiger partial charge in [-0.15, -0.1) is 0 Å². The summed E-state index contributed by atoms with van der Waals surface area (Å²) >= 11 is 1.31. The molecule has 3 aromatic rings. The molecule has 1 aromatic heterocycles. The van der Waals surface area contributed by atoms with Gasteiger partial charge in [-0.2, -0.15) is 0 Å². The van der Waals surface area contributed by atoms with Crippen LogP contribution in [-0.4, -0.2) is 34.0 Å². The minimum atomic E-state index is -0.250. The molecule has 1 amide bonds. The second-order valence-electron chi connectivity index (χ2n) is 8.45. The van der Waals surface area contributed by atoms with E-state index in [9.17, 15) is 9.18 Å². The number of aliphatic imine (C=N–C) groups is 1. The van der Waals surface area contributed by atoms with Crippen LogP contribution in [-0.2, 0) is 11.3 Å². The minimum Gasteiger partial charge on any atom is -0.369 e. The highest BCUT2D eigenvalue weighted by Crippen LogP contribution is 2.36. The third-order valence-electron chi connectivity index (χ3n) is 6.00. The maximum atomic E-state index is 15.0. The molecule has 34 heavy (non-hydrogen) atoms. The van der Waals surface area contributed by atoms with Crippen LogP contribution >= 0.6 is 11.8 Å². The Morgan fingerprint density at radius 3 is 2.65 bits per heavy atom. The Balaban J connectivity index is 1.48. The van der Waals surface area contributed by atoms with Gasteiger partial charge in [0.05, 0.1) is 22.8 Å². The van der Waals surface area contributed by atoms with E-state index in [0.29, 0.717) is 27.9 Å². The van der Waals surface area contributed by atoms with Crippen LogP contribution in [0.1, 0.15) is 29.5 Å². The van der Waals surface area contributed by atoms with E-state index in [1.165, 1.54) is 11.8 Å². The van der Waals surface area contributed by atoms with E-state index in [4.69, 9.17) is 4.99 Å². The molecule has 0 spiro atoms. The molecule has 5 rings (SSSR count). The number of carbonyl (C=O) groups is 1. The SMILES string of the molecule is Cc1cc(N2CCCC2)c(F)cc1/C=C1\SC(=Nc2ccccc2)N(Cc2cccnc2)C1=O. The minimum absolute atomic E-state index is 0.146. The van der Waals surface area contributed by atoms with E-state index in [1.807, 2.05) is 55.5 Å². The molecule has 0 saturated carbocycles. The average Bonchev–Trinajstić information content (AvgIpc) is 3.48. The molecule has 7 heteroatoms. The number of aryl methyl sites for hydroxylation is 1. The standard InChI is InChI=1S/C27H25FN4OS/c1-19-14-24(31-12-5-6-13-31)23(28)15-21(19)16-25-26(33)32(18-20-8-7-11-29-17-20)27(34-25)30-22-9-3-2-4-10-22/h2-4,7-11,14-17H,5-6,12-13,18H2,1H3/b25-16-,30-27?. The second-order valence-corrected chi connectivity index (χ2v) is 9.46. The molecule has 172 valence electrons. The Labute approximate surface area is 203 Å². The van der Waals surface area contributed by atoms with Crippen molar-refractivity contribution in [2.24, 2.45) is 4.99 Å². The van der Waals surface area contributed by atoms with Crippen LogP contribution in [0.15, 0.2) is 76.9 Å². The van der Waals surface area contributed by atoms with Crippen molar-refractivity contribution in [3.8, 4) is 0 Å². The number of para-hydroxylation sites is 1. The first kappa shape index (κ1) is 22.3. The molecule has 0 radical (unpaired) electrons. The topological polar surface area (TPSA) is 48.8 Å². The summed E-state index contributed by atoms with van der Waals surface area (Å²) in [6.07, 6.45) is 7.41. The summed E-state index contributed by atoms with van der Waals surface area (Å²) < 4.78 is 15.0. The van der Waals surface area contributed by atoms with Gasteiger partial charge in [0.1, 0.15) is 5.82 Å². The molecule has 2 aliphatic heterocycles. The third-order valence-corrected chi connectivity index (χ3v) is 7.01. The lowest BCUT2D eigenvalue weighted by Gasteiger charge is -2.19. The van der Waals surface area contributed by atoms with Gasteiger partial charge in [-0.1, -0.05) is 24.3 Å². The van der Waals surface area contributed by atoms with E-state index in [0.717, 1.165) is 42.7 Å². The number of benzene rings is 2. The summed E-state index contributed by atoms with van der Waals surface area (Å²) in [5, 5.41) is 0.595. The molecule has 0 unspecified atom stereocenters. The predicted octanol–water partition coefficient (Wildman–Crippen LogP) is 5.93. The highest BCUT2D eigenvalue weighted by molar-refractivity contribution is 8.18. The van der Waals surface area contributed by atoms with Crippen molar-refractivity contribution in [3.63, 3.8) is 0 Å². The normalized spacial score (nSPS) is 18.5. The number of hydrogen-bond acceptors (Lipinski definition) is 5. The summed E-state index contributed by atoms with van der Waals surface area (Å²) in [4.78, 5) is 26.6. The number of anilines is 1. The Kier molecular flexibility index (Phi) is 6.45. The smallest absolute Gasteiger partial charge is 0.267 e. The molecule has 2 saturated heterocycles. The molecular formula is C27H25FN4OS. The maximum Gasteiger partial charge on any atom is 0.267 e. The van der Waals surface area contributed by atoms with Gasteiger partial charge in [-0.05, 0) is 84.6 Å².